The molecule has 7 nitrogen and oxygen atoms in total. The molecule has 1 unspecified atom stereocenters. The minimum Gasteiger partial charge on any atom is -0.493 e. The number of fused-ring (bicyclic) bond motifs is 1. The van der Waals surface area contributed by atoms with Crippen LogP contribution in [0.25, 0.3) is 0 Å². The normalized spacial score (nSPS) is 14.5. The van der Waals surface area contributed by atoms with E-state index in [1.807, 2.05) is 0 Å². The number of nitrogens with two attached hydrogens (primary N) is 1. The Morgan fingerprint density at radius 2 is 1.79 bits per heavy atom. The smallest absolute Gasteiger partial charge is 0.349 e. The van der Waals surface area contributed by atoms with Crippen LogP contribution in [0.2, 0.25) is 10.0 Å². The molecular weight excluding hydrogens is 479 g/mol. The predicted octanol–water partition coefficient (Wildman–Crippen LogP) is 5.20. The third kappa shape index (κ3) is 4.60. The van der Waals surface area contributed by atoms with Gasteiger partial charge in [0.2, 0.25) is 5.88 Å². The molecule has 1 atom stereocenters. The first kappa shape index (κ1) is 23.3. The summed E-state index contributed by atoms with van der Waals surface area (Å²) in [5.41, 5.74) is 7.35. The Bertz CT molecular complexity index is 1310. The predicted molar refractivity (Wildman–Crippen MR) is 126 cm³/mol. The maximum Gasteiger partial charge on any atom is 0.349 e. The molecule has 2 N–H and O–H groups in total. The van der Waals surface area contributed by atoms with Gasteiger partial charge in [0.05, 0.1) is 13.0 Å². The molecule has 3 aromatic rings. The fourth-order valence-electron chi connectivity index (χ4n) is 3.62. The highest BCUT2D eigenvalue weighted by molar-refractivity contribution is 6.36. The van der Waals surface area contributed by atoms with E-state index >= 15 is 0 Å². The average molecular weight is 497 g/mol. The van der Waals surface area contributed by atoms with Crippen LogP contribution in [-0.2, 0) is 4.79 Å². The van der Waals surface area contributed by atoms with Crippen LogP contribution >= 0.6 is 23.2 Å². The van der Waals surface area contributed by atoms with Crippen molar-refractivity contribution >= 4 is 29.2 Å². The molecule has 34 heavy (non-hydrogen) atoms. The summed E-state index contributed by atoms with van der Waals surface area (Å²) < 4.78 is 21.7. The molecule has 0 amide bonds. The molecule has 1 heterocycles. The topological polar surface area (TPSA) is 104 Å². The lowest BCUT2D eigenvalue weighted by atomic mass is 9.83. The third-order valence-corrected chi connectivity index (χ3v) is 5.78. The summed E-state index contributed by atoms with van der Waals surface area (Å²) in [6, 6.07) is 18.9. The van der Waals surface area contributed by atoms with Gasteiger partial charge in [-0.2, -0.15) is 5.26 Å². The van der Waals surface area contributed by atoms with Gasteiger partial charge < -0.3 is 24.7 Å². The fourth-order valence-corrected chi connectivity index (χ4v) is 4.23. The summed E-state index contributed by atoms with van der Waals surface area (Å²) in [5, 5.41) is 10.5. The van der Waals surface area contributed by atoms with E-state index in [-0.39, 0.29) is 23.8 Å². The number of ether oxygens (including phenoxy) is 4. The van der Waals surface area contributed by atoms with Crippen LogP contribution in [0.5, 0.6) is 23.0 Å². The lowest BCUT2D eigenvalue weighted by Gasteiger charge is -2.27. The molecule has 0 saturated heterocycles. The highest BCUT2D eigenvalue weighted by atomic mass is 35.5. The summed E-state index contributed by atoms with van der Waals surface area (Å²) >= 11 is 12.8. The van der Waals surface area contributed by atoms with Crippen molar-refractivity contribution in [2.75, 3.05) is 13.7 Å². The minimum absolute atomic E-state index is 0.0843. The molecule has 0 saturated carbocycles. The van der Waals surface area contributed by atoms with Crippen molar-refractivity contribution in [3.05, 3.63) is 93.3 Å². The highest BCUT2D eigenvalue weighted by Crippen LogP contribution is 2.47. The summed E-state index contributed by atoms with van der Waals surface area (Å²) in [5.74, 6) is 0.0774. The van der Waals surface area contributed by atoms with Gasteiger partial charge >= 0.3 is 5.97 Å². The monoisotopic (exact) mass is 496 g/mol. The lowest BCUT2D eigenvalue weighted by Crippen LogP contribution is -2.22. The van der Waals surface area contributed by atoms with Gasteiger partial charge in [0.1, 0.15) is 23.1 Å². The molecule has 172 valence electrons. The third-order valence-electron chi connectivity index (χ3n) is 5.13. The molecule has 0 bridgehead atoms. The molecule has 1 aliphatic rings. The van der Waals surface area contributed by atoms with Crippen molar-refractivity contribution < 1.29 is 23.7 Å². The first-order valence-electron chi connectivity index (χ1n) is 10.0. The van der Waals surface area contributed by atoms with Crippen LogP contribution in [0.3, 0.4) is 0 Å². The van der Waals surface area contributed by atoms with Crippen LogP contribution in [0.15, 0.2) is 72.1 Å². The first-order valence-corrected chi connectivity index (χ1v) is 10.8. The Morgan fingerprint density at radius 3 is 2.47 bits per heavy atom. The van der Waals surface area contributed by atoms with Gasteiger partial charge in [-0.1, -0.05) is 47.5 Å². The SMILES string of the molecule is COc1ccccc1OCC(=O)Oc1ccc2c(c1)OC(N)=C(C#N)C2c1c(Cl)cccc1Cl. The second kappa shape index (κ2) is 9.96. The number of benzene rings is 3. The van der Waals surface area contributed by atoms with E-state index in [0.717, 1.165) is 0 Å². The van der Waals surface area contributed by atoms with Crippen LogP contribution in [0.1, 0.15) is 17.0 Å². The number of para-hydroxylation sites is 2. The van der Waals surface area contributed by atoms with Crippen molar-refractivity contribution in [1.82, 2.24) is 0 Å². The minimum atomic E-state index is -0.645. The van der Waals surface area contributed by atoms with E-state index in [9.17, 15) is 10.1 Å². The number of carbonyl (C=O) groups excluding carboxylic acids is 1. The average Bonchev–Trinajstić information content (AvgIpc) is 2.82. The zero-order valence-corrected chi connectivity index (χ0v) is 19.4. The van der Waals surface area contributed by atoms with E-state index in [0.29, 0.717) is 38.4 Å². The molecule has 3 aromatic carbocycles. The quantitative estimate of drug-likeness (QED) is 0.369. The van der Waals surface area contributed by atoms with Crippen LogP contribution in [-0.4, -0.2) is 19.7 Å². The zero-order valence-electron chi connectivity index (χ0n) is 17.9. The summed E-state index contributed by atoms with van der Waals surface area (Å²) in [6.07, 6.45) is 0. The van der Waals surface area contributed by atoms with Gasteiger partial charge in [0.15, 0.2) is 18.1 Å². The molecule has 4 rings (SSSR count). The lowest BCUT2D eigenvalue weighted by molar-refractivity contribution is -0.136. The molecule has 0 aromatic heterocycles. The first-order chi connectivity index (χ1) is 16.4. The van der Waals surface area contributed by atoms with Crippen molar-refractivity contribution in [2.24, 2.45) is 5.73 Å². The Balaban J connectivity index is 1.58. The largest absolute Gasteiger partial charge is 0.493 e. The van der Waals surface area contributed by atoms with Crippen molar-refractivity contribution in [2.45, 2.75) is 5.92 Å². The van der Waals surface area contributed by atoms with E-state index in [1.54, 1.807) is 54.6 Å². The molecule has 0 radical (unpaired) electrons. The zero-order chi connectivity index (χ0) is 24.2. The number of hydrogen-bond donors (Lipinski definition) is 1. The second-order valence-electron chi connectivity index (χ2n) is 7.17. The Morgan fingerprint density at radius 1 is 1.09 bits per heavy atom. The number of rotatable bonds is 6. The fraction of sp³-hybridized carbons (Fsp3) is 0.120. The van der Waals surface area contributed by atoms with Crippen molar-refractivity contribution in [1.29, 1.82) is 5.26 Å². The number of methoxy groups -OCH3 is 1. The van der Waals surface area contributed by atoms with E-state index in [1.165, 1.54) is 13.2 Å². The highest BCUT2D eigenvalue weighted by Gasteiger charge is 2.33. The number of hydrogen-bond acceptors (Lipinski definition) is 7. The van der Waals surface area contributed by atoms with Crippen LogP contribution in [0, 0.1) is 11.3 Å². The van der Waals surface area contributed by atoms with Crippen LogP contribution < -0.4 is 24.7 Å². The number of nitriles is 1. The van der Waals surface area contributed by atoms with E-state index in [2.05, 4.69) is 6.07 Å². The van der Waals surface area contributed by atoms with E-state index in [4.69, 9.17) is 47.9 Å². The van der Waals surface area contributed by atoms with Gasteiger partial charge in [-0.25, -0.2) is 4.79 Å². The Labute approximate surface area is 205 Å². The van der Waals surface area contributed by atoms with E-state index < -0.39 is 11.9 Å². The van der Waals surface area contributed by atoms with Gasteiger partial charge in [0, 0.05) is 27.2 Å². The van der Waals surface area contributed by atoms with Gasteiger partial charge in [-0.3, -0.25) is 0 Å². The Hall–Kier alpha value is -3.86. The molecule has 9 heteroatoms. The van der Waals surface area contributed by atoms with Gasteiger partial charge in [-0.15, -0.1) is 0 Å². The molecule has 0 spiro atoms. The van der Waals surface area contributed by atoms with Crippen molar-refractivity contribution in [3.8, 4) is 29.1 Å². The second-order valence-corrected chi connectivity index (χ2v) is 7.99. The number of halogens is 2. The molecule has 0 fully saturated rings. The van der Waals surface area contributed by atoms with Gasteiger partial charge in [0.25, 0.3) is 0 Å². The summed E-state index contributed by atoms with van der Waals surface area (Å²) in [4.78, 5) is 12.4. The number of carbonyl (C=O) groups is 1. The molecule has 0 aliphatic carbocycles. The Kier molecular flexibility index (Phi) is 6.82. The maximum atomic E-state index is 12.4. The maximum absolute atomic E-state index is 12.4. The number of nitrogens with zero attached hydrogens (tertiary/aromatic N) is 1. The number of esters is 1. The standard InChI is InChI=1S/C25H18Cl2N2O5/c1-31-19-7-2-3-8-20(19)32-13-22(30)33-14-9-10-15-21(11-14)34-25(29)16(12-28)23(15)24-17(26)5-4-6-18(24)27/h2-11,23H,13,29H2,1H3. The summed E-state index contributed by atoms with van der Waals surface area (Å²) in [7, 11) is 1.51. The molecular formula is C25H18Cl2N2O5. The summed E-state index contributed by atoms with van der Waals surface area (Å²) in [6.45, 7) is -0.337. The van der Waals surface area contributed by atoms with Crippen LogP contribution in [0.4, 0.5) is 0 Å². The molecule has 1 aliphatic heterocycles. The number of allylic oxidation sites excluding steroid dienone is 1. The van der Waals surface area contributed by atoms with Gasteiger partial charge in [-0.05, 0) is 30.3 Å². The van der Waals surface area contributed by atoms with Crippen molar-refractivity contribution in [3.63, 3.8) is 0 Å².